The predicted molar refractivity (Wildman–Crippen MR) is 157 cm³/mol. The number of nitrogens with one attached hydrogen (secondary N) is 1. The summed E-state index contributed by atoms with van der Waals surface area (Å²) < 4.78 is 5.65. The van der Waals surface area contributed by atoms with Gasteiger partial charge in [-0.15, -0.1) is 23.1 Å². The number of thioether (sulfide) groups is 1. The van der Waals surface area contributed by atoms with E-state index in [0.717, 1.165) is 41.2 Å². The highest BCUT2D eigenvalue weighted by molar-refractivity contribution is 7.98. The minimum atomic E-state index is -0.999. The van der Waals surface area contributed by atoms with Gasteiger partial charge in [-0.25, -0.2) is 4.98 Å². The first-order chi connectivity index (χ1) is 20.1. The summed E-state index contributed by atoms with van der Waals surface area (Å²) in [4.78, 5) is 69.3. The maximum atomic E-state index is 13.3. The van der Waals surface area contributed by atoms with Gasteiger partial charge in [0.05, 0.1) is 23.2 Å². The summed E-state index contributed by atoms with van der Waals surface area (Å²) in [5.41, 5.74) is 1.33. The number of aromatic nitrogens is 1. The van der Waals surface area contributed by atoms with Crippen molar-refractivity contribution in [3.8, 4) is 0 Å². The molecule has 42 heavy (non-hydrogen) atoms. The van der Waals surface area contributed by atoms with Crippen LogP contribution < -0.4 is 5.32 Å². The molecule has 2 aromatic rings. The number of thiazole rings is 1. The average molecular weight is 610 g/mol. The number of imide groups is 2. The first-order valence-electron chi connectivity index (χ1n) is 14.6. The normalized spacial score (nSPS) is 29.0. The van der Waals surface area contributed by atoms with Gasteiger partial charge in [-0.2, -0.15) is 0 Å². The van der Waals surface area contributed by atoms with Crippen molar-refractivity contribution in [2.24, 2.45) is 23.2 Å². The maximum Gasteiger partial charge on any atom is 0.306 e. The number of amides is 4. The van der Waals surface area contributed by atoms with Gasteiger partial charge in [0.25, 0.3) is 11.8 Å². The molecule has 3 unspecified atom stereocenters. The Morgan fingerprint density at radius 1 is 1.14 bits per heavy atom. The van der Waals surface area contributed by atoms with Gasteiger partial charge >= 0.3 is 5.97 Å². The number of ether oxygens (including phenoxy) is 1. The molecule has 1 aromatic carbocycles. The Kier molecular flexibility index (Phi) is 7.99. The molecule has 222 valence electrons. The lowest BCUT2D eigenvalue weighted by atomic mass is 9.58. The Balaban J connectivity index is 1.04. The molecule has 9 nitrogen and oxygen atoms in total. The summed E-state index contributed by atoms with van der Waals surface area (Å²) in [7, 11) is 0. The number of carbonyl (C=O) groups is 5. The molecule has 0 spiro atoms. The zero-order chi connectivity index (χ0) is 29.6. The number of rotatable bonds is 8. The van der Waals surface area contributed by atoms with E-state index in [9.17, 15) is 24.0 Å². The molecule has 4 amide bonds. The van der Waals surface area contributed by atoms with Crippen LogP contribution in [-0.4, -0.2) is 45.5 Å². The quantitative estimate of drug-likeness (QED) is 0.249. The molecule has 3 fully saturated rings. The van der Waals surface area contributed by atoms with Crippen molar-refractivity contribution in [2.75, 3.05) is 0 Å². The van der Waals surface area contributed by atoms with Crippen molar-refractivity contribution in [3.05, 3.63) is 45.4 Å². The molecule has 2 aliphatic heterocycles. The van der Waals surface area contributed by atoms with Crippen LogP contribution in [0.4, 0.5) is 0 Å². The van der Waals surface area contributed by atoms with Crippen molar-refractivity contribution < 1.29 is 28.7 Å². The lowest BCUT2D eigenvalue weighted by Gasteiger charge is -2.47. The number of carbonyl (C=O) groups excluding carboxylic acids is 5. The van der Waals surface area contributed by atoms with E-state index in [2.05, 4.69) is 24.1 Å². The second-order valence-electron chi connectivity index (χ2n) is 12.7. The number of benzene rings is 1. The van der Waals surface area contributed by atoms with Gasteiger partial charge in [0.15, 0.2) is 0 Å². The number of hydrogen-bond donors (Lipinski definition) is 1. The lowest BCUT2D eigenvalue weighted by molar-refractivity contribution is -0.149. The first-order valence-corrected chi connectivity index (χ1v) is 16.5. The summed E-state index contributed by atoms with van der Waals surface area (Å²) in [6.45, 7) is 4.73. The Hall–Kier alpha value is -3.05. The molecule has 1 aromatic heterocycles. The molecule has 3 heterocycles. The largest absolute Gasteiger partial charge is 0.458 e. The Labute approximate surface area is 253 Å². The SMILES string of the molecule is CC1CC2CC(C1)CC(C)(CC(=O)OCc1nc(CSc3cccc4c3C(=O)N(C3CCC(=O)NC3=O)C4=O)cs1)C2. The van der Waals surface area contributed by atoms with E-state index in [0.29, 0.717) is 22.1 Å². The van der Waals surface area contributed by atoms with Crippen molar-refractivity contribution in [3.63, 3.8) is 0 Å². The van der Waals surface area contributed by atoms with Gasteiger partial charge in [0, 0.05) is 22.4 Å². The van der Waals surface area contributed by atoms with E-state index >= 15 is 0 Å². The number of esters is 1. The van der Waals surface area contributed by atoms with Crippen LogP contribution in [-0.2, 0) is 31.5 Å². The number of piperidine rings is 1. The molecule has 2 bridgehead atoms. The number of fused-ring (bicyclic) bond motifs is 3. The summed E-state index contributed by atoms with van der Waals surface area (Å²) >= 11 is 2.81. The van der Waals surface area contributed by atoms with Crippen LogP contribution in [0.25, 0.3) is 0 Å². The highest BCUT2D eigenvalue weighted by Crippen LogP contribution is 2.51. The van der Waals surface area contributed by atoms with Crippen LogP contribution in [0, 0.1) is 23.2 Å². The molecular weight excluding hydrogens is 574 g/mol. The van der Waals surface area contributed by atoms with Crippen molar-refractivity contribution in [2.45, 2.75) is 88.5 Å². The lowest BCUT2D eigenvalue weighted by Crippen LogP contribution is -2.54. The Morgan fingerprint density at radius 3 is 2.64 bits per heavy atom. The molecule has 3 atom stereocenters. The van der Waals surface area contributed by atoms with E-state index in [1.54, 1.807) is 18.2 Å². The molecule has 4 aliphatic rings. The van der Waals surface area contributed by atoms with Crippen molar-refractivity contribution in [1.29, 1.82) is 0 Å². The summed E-state index contributed by atoms with van der Waals surface area (Å²) in [6.07, 6.45) is 6.70. The van der Waals surface area contributed by atoms with E-state index < -0.39 is 29.7 Å². The predicted octanol–water partition coefficient (Wildman–Crippen LogP) is 5.12. The highest BCUT2D eigenvalue weighted by Gasteiger charge is 2.46. The fourth-order valence-corrected chi connectivity index (χ4v) is 9.41. The zero-order valence-electron chi connectivity index (χ0n) is 23.9. The Bertz CT molecular complexity index is 1440. The minimum absolute atomic E-state index is 0.0119. The summed E-state index contributed by atoms with van der Waals surface area (Å²) in [5, 5.41) is 4.84. The molecule has 1 N–H and O–H groups in total. The summed E-state index contributed by atoms with van der Waals surface area (Å²) in [5.74, 6) is 0.453. The molecule has 0 radical (unpaired) electrons. The van der Waals surface area contributed by atoms with Crippen LogP contribution in [0.15, 0.2) is 28.5 Å². The summed E-state index contributed by atoms with van der Waals surface area (Å²) in [6, 6.07) is 4.08. The fraction of sp³-hybridized carbons (Fsp3) is 0.548. The third-order valence-electron chi connectivity index (χ3n) is 9.03. The molecule has 6 rings (SSSR count). The van der Waals surface area contributed by atoms with Gasteiger partial charge in [-0.3, -0.25) is 34.2 Å². The van der Waals surface area contributed by atoms with Crippen LogP contribution in [0.3, 0.4) is 0 Å². The van der Waals surface area contributed by atoms with E-state index in [1.807, 2.05) is 5.38 Å². The van der Waals surface area contributed by atoms with Crippen LogP contribution in [0.5, 0.6) is 0 Å². The minimum Gasteiger partial charge on any atom is -0.458 e. The third-order valence-corrected chi connectivity index (χ3v) is 11.0. The second kappa shape index (κ2) is 11.6. The van der Waals surface area contributed by atoms with Gasteiger partial charge in [-0.05, 0) is 73.8 Å². The standard InChI is InChI=1S/C31H35N3O6S2/c1-17-8-18-10-19(9-17)12-31(2,11-18)13-26(36)40-14-25-32-20(16-42-25)15-41-23-5-3-4-21-27(23)30(39)34(29(21)38)22-6-7-24(35)33-28(22)37/h3-5,16-19,22H,6-15H2,1-2H3,(H,33,35,37). The topological polar surface area (TPSA) is 123 Å². The van der Waals surface area contributed by atoms with Gasteiger partial charge < -0.3 is 4.74 Å². The maximum absolute atomic E-state index is 13.3. The molecular formula is C31H35N3O6S2. The van der Waals surface area contributed by atoms with Crippen molar-refractivity contribution >= 4 is 52.7 Å². The molecule has 1 saturated heterocycles. The molecule has 2 aliphatic carbocycles. The van der Waals surface area contributed by atoms with Crippen molar-refractivity contribution in [1.82, 2.24) is 15.2 Å². The monoisotopic (exact) mass is 609 g/mol. The van der Waals surface area contributed by atoms with Gasteiger partial charge in [0.2, 0.25) is 11.8 Å². The average Bonchev–Trinajstić information content (AvgIpc) is 3.48. The van der Waals surface area contributed by atoms with E-state index in [-0.39, 0.29) is 42.0 Å². The van der Waals surface area contributed by atoms with Gasteiger partial charge in [-0.1, -0.05) is 19.9 Å². The highest BCUT2D eigenvalue weighted by atomic mass is 32.2. The van der Waals surface area contributed by atoms with Crippen LogP contribution >= 0.6 is 23.1 Å². The van der Waals surface area contributed by atoms with E-state index in [1.165, 1.54) is 42.4 Å². The smallest absolute Gasteiger partial charge is 0.306 e. The van der Waals surface area contributed by atoms with E-state index in [4.69, 9.17) is 4.74 Å². The number of hydrogen-bond acceptors (Lipinski definition) is 9. The Morgan fingerprint density at radius 2 is 1.90 bits per heavy atom. The van der Waals surface area contributed by atoms with Crippen LogP contribution in [0.1, 0.15) is 96.6 Å². The van der Waals surface area contributed by atoms with Crippen LogP contribution in [0.2, 0.25) is 0 Å². The molecule has 2 saturated carbocycles. The zero-order valence-corrected chi connectivity index (χ0v) is 25.5. The fourth-order valence-electron chi connectivity index (χ4n) is 7.63. The first kappa shape index (κ1) is 29.0. The van der Waals surface area contributed by atoms with Gasteiger partial charge in [0.1, 0.15) is 17.7 Å². The third kappa shape index (κ3) is 5.90. The number of nitrogens with zero attached hydrogens (tertiary/aromatic N) is 2. The molecule has 11 heteroatoms. The second-order valence-corrected chi connectivity index (χ2v) is 14.7.